The summed E-state index contributed by atoms with van der Waals surface area (Å²) in [5, 5.41) is 4.05. The van der Waals surface area contributed by atoms with E-state index in [1.165, 1.54) is 13.2 Å². The van der Waals surface area contributed by atoms with Crippen molar-refractivity contribution in [1.82, 2.24) is 0 Å². The van der Waals surface area contributed by atoms with Crippen LogP contribution >= 0.6 is 0 Å². The largest absolute Gasteiger partial charge is 0.495 e. The van der Waals surface area contributed by atoms with E-state index in [1.807, 2.05) is 0 Å². The van der Waals surface area contributed by atoms with Gasteiger partial charge < -0.3 is 4.74 Å². The molecule has 3 aliphatic rings. The highest BCUT2D eigenvalue weighted by molar-refractivity contribution is 7.85. The zero-order valence-corrected chi connectivity index (χ0v) is 20.9. The summed E-state index contributed by atoms with van der Waals surface area (Å²) in [4.78, 5) is 31.6. The maximum Gasteiger partial charge on any atom is 0.296 e. The molecule has 3 aliphatic carbocycles. The highest BCUT2D eigenvalue weighted by Crippen LogP contribution is 2.23. The van der Waals surface area contributed by atoms with Crippen molar-refractivity contribution in [3.8, 4) is 5.75 Å². The fourth-order valence-corrected chi connectivity index (χ4v) is 5.56. The molecule has 0 unspecified atom stereocenters. The SMILES string of the molecule is COc1ccccc1NN=c1c(S(=O)(=O)O)cc(=NC2CCCCC2)c2c(=O)c3ccccc3c(=O)c1=2. The van der Waals surface area contributed by atoms with Gasteiger partial charge in [0.25, 0.3) is 10.1 Å². The molecule has 0 heterocycles. The van der Waals surface area contributed by atoms with Crippen LogP contribution in [0, 0.1) is 10.4 Å². The lowest BCUT2D eigenvalue weighted by Gasteiger charge is -2.17. The van der Waals surface area contributed by atoms with Gasteiger partial charge in [0.15, 0.2) is 10.9 Å². The number of benzene rings is 2. The van der Waals surface area contributed by atoms with Gasteiger partial charge in [-0.05, 0) is 31.0 Å². The second kappa shape index (κ2) is 9.87. The number of nitrogens with zero attached hydrogens (tertiary/aromatic N) is 2. The van der Waals surface area contributed by atoms with E-state index in [9.17, 15) is 22.6 Å². The molecule has 0 aliphatic heterocycles. The van der Waals surface area contributed by atoms with Crippen molar-refractivity contribution in [3.63, 3.8) is 0 Å². The fraction of sp³-hybridized carbons (Fsp3) is 0.259. The predicted molar refractivity (Wildman–Crippen MR) is 139 cm³/mol. The van der Waals surface area contributed by atoms with Gasteiger partial charge in [-0.2, -0.15) is 13.5 Å². The molecule has 0 spiro atoms. The van der Waals surface area contributed by atoms with Gasteiger partial charge in [-0.25, -0.2) is 0 Å². The monoisotopic (exact) mass is 519 g/mol. The summed E-state index contributed by atoms with van der Waals surface area (Å²) in [6.07, 6.45) is 4.59. The topological polar surface area (TPSA) is 134 Å². The number of hydrogen-bond acceptors (Lipinski definition) is 8. The van der Waals surface area contributed by atoms with E-state index < -0.39 is 25.9 Å². The average Bonchev–Trinajstić information content (AvgIpc) is 2.90. The summed E-state index contributed by atoms with van der Waals surface area (Å²) in [6.45, 7) is 0. The minimum absolute atomic E-state index is 0.0118. The second-order valence-corrected chi connectivity index (χ2v) is 10.4. The number of anilines is 1. The zero-order chi connectivity index (χ0) is 26.2. The Morgan fingerprint density at radius 1 is 0.919 bits per heavy atom. The first-order valence-electron chi connectivity index (χ1n) is 12.0. The Hall–Kier alpha value is -3.89. The van der Waals surface area contributed by atoms with Crippen LogP contribution in [0.4, 0.5) is 5.69 Å². The molecule has 5 rings (SSSR count). The lowest BCUT2D eigenvalue weighted by Crippen LogP contribution is -2.34. The van der Waals surface area contributed by atoms with Crippen LogP contribution in [-0.2, 0) is 10.1 Å². The standard InChI is InChI=1S/C27H25N3O6S/c1-36-21-14-8-7-13-19(21)29-30-25-22(37(33,34)35)15-20(28-16-9-3-2-4-10-16)23-24(25)27(32)18-12-6-5-11-17(18)26(23)31/h5-8,11-16,29H,2-4,9-10H2,1H3,(H,33,34,35). The Kier molecular flexibility index (Phi) is 6.61. The molecule has 9 nitrogen and oxygen atoms in total. The van der Waals surface area contributed by atoms with Crippen LogP contribution in [0.1, 0.15) is 32.1 Å². The second-order valence-electron chi connectivity index (χ2n) is 9.02. The van der Waals surface area contributed by atoms with Gasteiger partial charge in [0.1, 0.15) is 16.0 Å². The molecule has 1 fully saturated rings. The van der Waals surface area contributed by atoms with Crippen molar-refractivity contribution in [2.45, 2.75) is 43.0 Å². The van der Waals surface area contributed by atoms with E-state index >= 15 is 0 Å². The summed E-state index contributed by atoms with van der Waals surface area (Å²) in [5.41, 5.74) is 2.11. The lowest BCUT2D eigenvalue weighted by molar-refractivity contribution is 0.416. The van der Waals surface area contributed by atoms with Gasteiger partial charge in [0, 0.05) is 10.8 Å². The summed E-state index contributed by atoms with van der Waals surface area (Å²) in [7, 11) is -3.39. The van der Waals surface area contributed by atoms with Crippen LogP contribution in [0.5, 0.6) is 5.75 Å². The van der Waals surface area contributed by atoms with Crippen LogP contribution < -0.4 is 31.7 Å². The average molecular weight is 520 g/mol. The minimum Gasteiger partial charge on any atom is -0.495 e. The first-order valence-corrected chi connectivity index (χ1v) is 13.4. The summed E-state index contributed by atoms with van der Waals surface area (Å²) in [5.74, 6) is 0.421. The third-order valence-electron chi connectivity index (χ3n) is 6.68. The van der Waals surface area contributed by atoms with Gasteiger partial charge >= 0.3 is 0 Å². The highest BCUT2D eigenvalue weighted by atomic mass is 32.2. The van der Waals surface area contributed by atoms with E-state index in [2.05, 4.69) is 10.5 Å². The Morgan fingerprint density at radius 2 is 1.54 bits per heavy atom. The molecule has 190 valence electrons. The van der Waals surface area contributed by atoms with Crippen LogP contribution in [-0.4, -0.2) is 26.1 Å². The van der Waals surface area contributed by atoms with Crippen molar-refractivity contribution in [2.75, 3.05) is 12.5 Å². The molecule has 2 aromatic rings. The zero-order valence-electron chi connectivity index (χ0n) is 20.1. The van der Waals surface area contributed by atoms with Crippen molar-refractivity contribution in [3.05, 3.63) is 96.2 Å². The smallest absolute Gasteiger partial charge is 0.296 e. The number of nitrogens with one attached hydrogen (secondary N) is 1. The van der Waals surface area contributed by atoms with E-state index in [1.54, 1.807) is 42.5 Å². The molecular formula is C27H25N3O6S. The quantitative estimate of drug-likeness (QED) is 0.306. The molecule has 10 heteroatoms. The van der Waals surface area contributed by atoms with Crippen LogP contribution in [0.2, 0.25) is 0 Å². The number of fused-ring (bicyclic) bond motifs is 1. The first kappa shape index (κ1) is 24.8. The number of rotatable bonds is 5. The first-order chi connectivity index (χ1) is 17.8. The number of para-hydroxylation sites is 2. The highest BCUT2D eigenvalue weighted by Gasteiger charge is 2.21. The molecule has 0 saturated heterocycles. The molecule has 0 aromatic heterocycles. The molecule has 2 aromatic carbocycles. The molecule has 1 saturated carbocycles. The molecule has 0 atom stereocenters. The summed E-state index contributed by atoms with van der Waals surface area (Å²) in [6, 6.07) is 14.2. The fourth-order valence-electron chi connectivity index (χ4n) is 4.90. The number of ether oxygens (including phenoxy) is 1. The Balaban J connectivity index is 1.98. The van der Waals surface area contributed by atoms with Crippen molar-refractivity contribution in [1.29, 1.82) is 0 Å². The Bertz CT molecular complexity index is 1900. The van der Waals surface area contributed by atoms with Crippen molar-refractivity contribution >= 4 is 26.6 Å². The summed E-state index contributed by atoms with van der Waals surface area (Å²) >= 11 is 0. The van der Waals surface area contributed by atoms with Crippen molar-refractivity contribution < 1.29 is 17.7 Å². The van der Waals surface area contributed by atoms with Gasteiger partial charge in [-0.1, -0.05) is 55.7 Å². The number of hydrogen-bond donors (Lipinski definition) is 2. The summed E-state index contributed by atoms with van der Waals surface area (Å²) < 4.78 is 40.6. The Labute approximate surface area is 211 Å². The van der Waals surface area contributed by atoms with Crippen LogP contribution in [0.25, 0.3) is 10.8 Å². The van der Waals surface area contributed by atoms with Gasteiger partial charge in [0.05, 0.1) is 34.6 Å². The van der Waals surface area contributed by atoms with Crippen LogP contribution in [0.3, 0.4) is 0 Å². The molecule has 0 bridgehead atoms. The number of methoxy groups -OCH3 is 1. The van der Waals surface area contributed by atoms with Crippen LogP contribution in [0.15, 0.2) is 79.2 Å². The van der Waals surface area contributed by atoms with Gasteiger partial charge in [-0.3, -0.25) is 24.6 Å². The van der Waals surface area contributed by atoms with E-state index in [4.69, 9.17) is 9.73 Å². The molecule has 37 heavy (non-hydrogen) atoms. The molecule has 0 radical (unpaired) electrons. The van der Waals surface area contributed by atoms with E-state index in [-0.39, 0.29) is 38.0 Å². The maximum absolute atomic E-state index is 13.7. The molecule has 0 amide bonds. The van der Waals surface area contributed by atoms with Gasteiger partial charge in [-0.15, -0.1) is 0 Å². The van der Waals surface area contributed by atoms with Crippen molar-refractivity contribution in [2.24, 2.45) is 10.1 Å². The normalized spacial score (nSPS) is 15.9. The van der Waals surface area contributed by atoms with E-state index in [0.29, 0.717) is 11.4 Å². The maximum atomic E-state index is 13.7. The molecular weight excluding hydrogens is 494 g/mol. The van der Waals surface area contributed by atoms with Gasteiger partial charge in [0.2, 0.25) is 0 Å². The molecule has 2 N–H and O–H groups in total. The third kappa shape index (κ3) is 4.65. The van der Waals surface area contributed by atoms with E-state index in [0.717, 1.165) is 38.2 Å². The lowest BCUT2D eigenvalue weighted by atomic mass is 9.96. The Morgan fingerprint density at radius 3 is 2.19 bits per heavy atom. The minimum atomic E-state index is -4.86. The third-order valence-corrected chi connectivity index (χ3v) is 7.55. The predicted octanol–water partition coefficient (Wildman–Crippen LogP) is 2.58.